The van der Waals surface area contributed by atoms with Crippen molar-refractivity contribution in [3.8, 4) is 0 Å². The van der Waals surface area contributed by atoms with E-state index in [9.17, 15) is 4.79 Å². The highest BCUT2D eigenvalue weighted by molar-refractivity contribution is 7.80. The van der Waals surface area contributed by atoms with Crippen molar-refractivity contribution in [3.05, 3.63) is 27.7 Å². The molecule has 1 aliphatic heterocycles. The molecule has 122 valence electrons. The van der Waals surface area contributed by atoms with Gasteiger partial charge in [-0.05, 0) is 44.5 Å². The van der Waals surface area contributed by atoms with Crippen molar-refractivity contribution in [1.29, 1.82) is 0 Å². The number of thiol groups is 1. The molecule has 0 aromatic heterocycles. The van der Waals surface area contributed by atoms with Gasteiger partial charge in [0.25, 0.3) is 5.91 Å². The summed E-state index contributed by atoms with van der Waals surface area (Å²) in [4.78, 5) is 15.4. The molecular weight excluding hydrogens is 339 g/mol. The number of nitrogens with zero attached hydrogens (tertiary/aromatic N) is 1. The Hall–Kier alpha value is -0.420. The molecule has 0 spiro atoms. The first-order chi connectivity index (χ1) is 10.5. The Morgan fingerprint density at radius 1 is 1.41 bits per heavy atom. The molecule has 1 amide bonds. The van der Waals surface area contributed by atoms with Crippen LogP contribution in [0.5, 0.6) is 0 Å². The summed E-state index contributed by atoms with van der Waals surface area (Å²) in [7, 11) is 0. The van der Waals surface area contributed by atoms with E-state index < -0.39 is 0 Å². The first-order valence-corrected chi connectivity index (χ1v) is 8.92. The van der Waals surface area contributed by atoms with Crippen molar-refractivity contribution < 1.29 is 4.79 Å². The minimum atomic E-state index is -0.133. The highest BCUT2D eigenvalue weighted by atomic mass is 35.5. The fourth-order valence-corrected chi connectivity index (χ4v) is 3.44. The average molecular weight is 361 g/mol. The van der Waals surface area contributed by atoms with Crippen molar-refractivity contribution in [2.75, 3.05) is 19.6 Å². The molecule has 1 heterocycles. The van der Waals surface area contributed by atoms with Gasteiger partial charge in [-0.15, -0.1) is 12.6 Å². The monoisotopic (exact) mass is 360 g/mol. The maximum absolute atomic E-state index is 12.4. The van der Waals surface area contributed by atoms with Gasteiger partial charge in [0, 0.05) is 17.5 Å². The van der Waals surface area contributed by atoms with Crippen molar-refractivity contribution in [3.63, 3.8) is 0 Å². The van der Waals surface area contributed by atoms with Gasteiger partial charge >= 0.3 is 0 Å². The van der Waals surface area contributed by atoms with E-state index in [4.69, 9.17) is 23.2 Å². The predicted molar refractivity (Wildman–Crippen MR) is 95.6 cm³/mol. The van der Waals surface area contributed by atoms with E-state index in [1.807, 2.05) is 0 Å². The molecule has 6 heteroatoms. The fourth-order valence-electron chi connectivity index (χ4n) is 2.74. The zero-order valence-corrected chi connectivity index (χ0v) is 15.1. The number of nitrogens with one attached hydrogen (secondary N) is 1. The molecule has 1 saturated heterocycles. The Morgan fingerprint density at radius 3 is 2.86 bits per heavy atom. The summed E-state index contributed by atoms with van der Waals surface area (Å²) < 4.78 is 0. The third-order valence-corrected chi connectivity index (χ3v) is 5.04. The second kappa shape index (κ2) is 8.44. The summed E-state index contributed by atoms with van der Waals surface area (Å²) in [5.74, 6) is -0.133. The molecule has 0 saturated carbocycles. The summed E-state index contributed by atoms with van der Waals surface area (Å²) in [6.07, 6.45) is 4.52. The Morgan fingerprint density at radius 2 is 2.14 bits per heavy atom. The number of carbonyl (C=O) groups excluding carboxylic acids is 1. The topological polar surface area (TPSA) is 32.3 Å². The Kier molecular flexibility index (Phi) is 6.87. The summed E-state index contributed by atoms with van der Waals surface area (Å²) in [5.41, 5.74) is 0.475. The van der Waals surface area contributed by atoms with E-state index in [-0.39, 0.29) is 11.9 Å². The van der Waals surface area contributed by atoms with Crippen LogP contribution in [0.2, 0.25) is 10.0 Å². The number of halogens is 2. The second-order valence-electron chi connectivity index (χ2n) is 5.75. The van der Waals surface area contributed by atoms with Crippen LogP contribution in [-0.2, 0) is 0 Å². The quantitative estimate of drug-likeness (QED) is 0.768. The van der Waals surface area contributed by atoms with Crippen LogP contribution in [0, 0.1) is 0 Å². The zero-order valence-electron chi connectivity index (χ0n) is 12.7. The lowest BCUT2D eigenvalue weighted by molar-refractivity contribution is 0.0900. The molecule has 1 fully saturated rings. The molecule has 1 aromatic carbocycles. The number of likely N-dealkylation sites (tertiary alicyclic amines) is 1. The van der Waals surface area contributed by atoms with Gasteiger partial charge < -0.3 is 10.2 Å². The van der Waals surface area contributed by atoms with Crippen molar-refractivity contribution >= 4 is 41.7 Å². The number of rotatable bonds is 5. The van der Waals surface area contributed by atoms with E-state index >= 15 is 0 Å². The Bertz CT molecular complexity index is 539. The summed E-state index contributed by atoms with van der Waals surface area (Å²) in [6.45, 7) is 5.33. The number of carbonyl (C=O) groups is 1. The zero-order chi connectivity index (χ0) is 16.1. The number of hydrogen-bond donors (Lipinski definition) is 2. The number of benzene rings is 1. The minimum absolute atomic E-state index is 0.133. The van der Waals surface area contributed by atoms with Gasteiger partial charge in [0.05, 0.1) is 15.6 Å². The number of hydrogen-bond acceptors (Lipinski definition) is 3. The molecule has 1 atom stereocenters. The van der Waals surface area contributed by atoms with Gasteiger partial charge in [-0.25, -0.2) is 0 Å². The first kappa shape index (κ1) is 17.9. The predicted octanol–water partition coefficient (Wildman–Crippen LogP) is 4.28. The molecule has 0 aliphatic carbocycles. The van der Waals surface area contributed by atoms with Crippen LogP contribution >= 0.6 is 35.8 Å². The number of piperidine rings is 1. The molecule has 1 aliphatic rings. The standard InChI is InChI=1S/C16H22Cl2N2OS/c1-2-3-6-20-7-4-5-11(10-20)19-16(21)12-8-13(17)14(18)9-15(12)22/h8-9,11,22H,2-7,10H2,1H3,(H,19,21). The number of unbranched alkanes of at least 4 members (excludes halogenated alkanes) is 1. The number of amides is 1. The highest BCUT2D eigenvalue weighted by Gasteiger charge is 2.22. The van der Waals surface area contributed by atoms with Crippen LogP contribution in [0.3, 0.4) is 0 Å². The smallest absolute Gasteiger partial charge is 0.252 e. The van der Waals surface area contributed by atoms with Crippen LogP contribution in [0.1, 0.15) is 43.0 Å². The van der Waals surface area contributed by atoms with E-state index in [0.29, 0.717) is 20.5 Å². The molecule has 0 bridgehead atoms. The van der Waals surface area contributed by atoms with Gasteiger partial charge in [-0.3, -0.25) is 4.79 Å². The average Bonchev–Trinajstić information content (AvgIpc) is 2.49. The van der Waals surface area contributed by atoms with Crippen LogP contribution in [0.25, 0.3) is 0 Å². The molecule has 3 nitrogen and oxygen atoms in total. The van der Waals surface area contributed by atoms with Crippen LogP contribution in [0.4, 0.5) is 0 Å². The van der Waals surface area contributed by atoms with Crippen molar-refractivity contribution in [1.82, 2.24) is 10.2 Å². The Balaban J connectivity index is 1.98. The van der Waals surface area contributed by atoms with Crippen LogP contribution in [0.15, 0.2) is 17.0 Å². The van der Waals surface area contributed by atoms with Gasteiger partial charge in [-0.1, -0.05) is 36.5 Å². The largest absolute Gasteiger partial charge is 0.348 e. The van der Waals surface area contributed by atoms with Gasteiger partial charge in [0.2, 0.25) is 0 Å². The van der Waals surface area contributed by atoms with Crippen LogP contribution in [-0.4, -0.2) is 36.5 Å². The third kappa shape index (κ3) is 4.79. The maximum Gasteiger partial charge on any atom is 0.252 e. The summed E-state index contributed by atoms with van der Waals surface area (Å²) in [5, 5.41) is 3.88. The van der Waals surface area contributed by atoms with E-state index in [1.165, 1.54) is 12.8 Å². The molecule has 1 unspecified atom stereocenters. The maximum atomic E-state index is 12.4. The fraction of sp³-hybridized carbons (Fsp3) is 0.562. The molecule has 0 radical (unpaired) electrons. The van der Waals surface area contributed by atoms with Gasteiger partial charge in [-0.2, -0.15) is 0 Å². The lowest BCUT2D eigenvalue weighted by atomic mass is 10.0. The minimum Gasteiger partial charge on any atom is -0.348 e. The molecule has 2 rings (SSSR count). The highest BCUT2D eigenvalue weighted by Crippen LogP contribution is 2.28. The first-order valence-electron chi connectivity index (χ1n) is 7.72. The van der Waals surface area contributed by atoms with E-state index in [2.05, 4.69) is 29.8 Å². The Labute approximate surface area is 147 Å². The lowest BCUT2D eigenvalue weighted by Crippen LogP contribution is -2.47. The van der Waals surface area contributed by atoms with Crippen molar-refractivity contribution in [2.45, 2.75) is 43.5 Å². The molecule has 22 heavy (non-hydrogen) atoms. The van der Waals surface area contributed by atoms with Crippen LogP contribution < -0.4 is 5.32 Å². The van der Waals surface area contributed by atoms with Gasteiger partial charge in [0.1, 0.15) is 0 Å². The second-order valence-corrected chi connectivity index (χ2v) is 7.05. The van der Waals surface area contributed by atoms with Crippen molar-refractivity contribution in [2.24, 2.45) is 0 Å². The summed E-state index contributed by atoms with van der Waals surface area (Å²) >= 11 is 16.3. The lowest BCUT2D eigenvalue weighted by Gasteiger charge is -2.33. The molecule has 1 N–H and O–H groups in total. The molecule has 1 aromatic rings. The SMILES string of the molecule is CCCCN1CCCC(NC(=O)c2cc(Cl)c(Cl)cc2S)C1. The van der Waals surface area contributed by atoms with E-state index in [1.54, 1.807) is 12.1 Å². The van der Waals surface area contributed by atoms with E-state index in [0.717, 1.165) is 32.5 Å². The normalized spacial score (nSPS) is 19.2. The third-order valence-electron chi connectivity index (χ3n) is 3.95. The molecular formula is C16H22Cl2N2OS. The summed E-state index contributed by atoms with van der Waals surface area (Å²) in [6, 6.07) is 3.37. The van der Waals surface area contributed by atoms with Gasteiger partial charge in [0.15, 0.2) is 0 Å².